The molecule has 0 aromatic rings. The van der Waals surface area contributed by atoms with Crippen molar-refractivity contribution in [2.75, 3.05) is 19.8 Å². The average Bonchev–Trinajstić information content (AvgIpc) is 2.48. The van der Waals surface area contributed by atoms with Crippen molar-refractivity contribution in [1.82, 2.24) is 5.32 Å². The van der Waals surface area contributed by atoms with Gasteiger partial charge < -0.3 is 9.84 Å². The van der Waals surface area contributed by atoms with Crippen LogP contribution in [-0.2, 0) is 9.53 Å². The highest BCUT2D eigenvalue weighted by molar-refractivity contribution is 5.79. The minimum absolute atomic E-state index is 0.0540. The second-order valence-corrected chi connectivity index (χ2v) is 3.16. The summed E-state index contributed by atoms with van der Waals surface area (Å²) >= 11 is 0. The number of carboxylic acids is 1. The summed E-state index contributed by atoms with van der Waals surface area (Å²) in [5, 5.41) is 10.7. The molecule has 7 heteroatoms. The minimum Gasteiger partial charge on any atom is -0.480 e. The van der Waals surface area contributed by atoms with Gasteiger partial charge in [0, 0.05) is 13.0 Å². The maximum absolute atomic E-state index is 11.8. The summed E-state index contributed by atoms with van der Waals surface area (Å²) in [5.74, 6) is -1.31. The van der Waals surface area contributed by atoms with Gasteiger partial charge in [-0.15, -0.1) is 0 Å². The van der Waals surface area contributed by atoms with E-state index in [0.29, 0.717) is 0 Å². The van der Waals surface area contributed by atoms with Gasteiger partial charge in [-0.25, -0.2) is 0 Å². The lowest BCUT2D eigenvalue weighted by molar-refractivity contribution is -0.150. The molecule has 1 saturated heterocycles. The molecule has 0 amide bonds. The van der Waals surface area contributed by atoms with Crippen LogP contribution in [0.1, 0.15) is 6.42 Å². The van der Waals surface area contributed by atoms with E-state index in [1.165, 1.54) is 0 Å². The van der Waals surface area contributed by atoms with Crippen molar-refractivity contribution in [1.29, 1.82) is 0 Å². The predicted octanol–water partition coefficient (Wildman–Crippen LogP) is 0.382. The van der Waals surface area contributed by atoms with E-state index in [1.54, 1.807) is 0 Å². The van der Waals surface area contributed by atoms with Gasteiger partial charge in [0.2, 0.25) is 0 Å². The molecule has 0 spiro atoms. The van der Waals surface area contributed by atoms with Crippen LogP contribution in [0.2, 0.25) is 0 Å². The molecule has 82 valence electrons. The summed E-state index contributed by atoms with van der Waals surface area (Å²) in [6.07, 6.45) is -4.36. The Balaban J connectivity index is 2.57. The summed E-state index contributed by atoms with van der Waals surface area (Å²) in [4.78, 5) is 10.7. The second kappa shape index (κ2) is 3.74. The Bertz CT molecular complexity index is 223. The van der Waals surface area contributed by atoms with E-state index in [1.807, 2.05) is 5.32 Å². The molecule has 0 aromatic heterocycles. The first-order valence-corrected chi connectivity index (χ1v) is 3.99. The number of ether oxygens (including phenoxy) is 1. The lowest BCUT2D eigenvalue weighted by Gasteiger charge is -2.24. The Hall–Kier alpha value is -0.820. The molecule has 1 fully saturated rings. The van der Waals surface area contributed by atoms with Gasteiger partial charge in [0.25, 0.3) is 0 Å². The van der Waals surface area contributed by atoms with E-state index in [2.05, 4.69) is 0 Å². The first kappa shape index (κ1) is 11.3. The Morgan fingerprint density at radius 3 is 2.57 bits per heavy atom. The van der Waals surface area contributed by atoms with Crippen LogP contribution in [0.25, 0.3) is 0 Å². The molecule has 0 saturated carbocycles. The van der Waals surface area contributed by atoms with Crippen molar-refractivity contribution in [2.24, 2.45) is 0 Å². The summed E-state index contributed by atoms with van der Waals surface area (Å²) < 4.78 is 40.3. The van der Waals surface area contributed by atoms with Crippen molar-refractivity contribution in [3.05, 3.63) is 0 Å². The van der Waals surface area contributed by atoms with Gasteiger partial charge in [0.05, 0.1) is 13.2 Å². The van der Waals surface area contributed by atoms with E-state index >= 15 is 0 Å². The SMILES string of the molecule is O=C(O)C1(NCC(F)(F)F)CCOC1. The molecule has 1 unspecified atom stereocenters. The molecular weight excluding hydrogens is 203 g/mol. The van der Waals surface area contributed by atoms with Crippen molar-refractivity contribution >= 4 is 5.97 Å². The highest BCUT2D eigenvalue weighted by Gasteiger charge is 2.44. The van der Waals surface area contributed by atoms with Crippen LogP contribution < -0.4 is 5.32 Å². The van der Waals surface area contributed by atoms with E-state index in [9.17, 15) is 18.0 Å². The molecule has 14 heavy (non-hydrogen) atoms. The van der Waals surface area contributed by atoms with Crippen molar-refractivity contribution in [2.45, 2.75) is 18.1 Å². The van der Waals surface area contributed by atoms with Crippen LogP contribution in [0, 0.1) is 0 Å². The van der Waals surface area contributed by atoms with Gasteiger partial charge in [0.15, 0.2) is 0 Å². The lowest BCUT2D eigenvalue weighted by Crippen LogP contribution is -2.55. The number of halogens is 3. The van der Waals surface area contributed by atoms with Gasteiger partial charge >= 0.3 is 12.1 Å². The van der Waals surface area contributed by atoms with Gasteiger partial charge in [-0.3, -0.25) is 10.1 Å². The molecule has 0 aliphatic carbocycles. The Kier molecular flexibility index (Phi) is 3.01. The Morgan fingerprint density at radius 2 is 2.21 bits per heavy atom. The molecule has 1 rings (SSSR count). The zero-order valence-corrected chi connectivity index (χ0v) is 7.23. The molecule has 2 N–H and O–H groups in total. The normalized spacial score (nSPS) is 27.9. The first-order chi connectivity index (χ1) is 6.36. The molecule has 0 radical (unpaired) electrons. The number of alkyl halides is 3. The quantitative estimate of drug-likeness (QED) is 0.711. The standard InChI is InChI=1S/C7H10F3NO3/c8-7(9,10)3-11-6(5(12)13)1-2-14-4-6/h11H,1-4H2,(H,12,13). The molecule has 1 aliphatic heterocycles. The van der Waals surface area contributed by atoms with Crippen LogP contribution >= 0.6 is 0 Å². The lowest BCUT2D eigenvalue weighted by atomic mass is 9.99. The van der Waals surface area contributed by atoms with E-state index < -0.39 is 24.2 Å². The second-order valence-electron chi connectivity index (χ2n) is 3.16. The Labute approximate surface area is 78.0 Å². The van der Waals surface area contributed by atoms with Gasteiger partial charge in [0.1, 0.15) is 5.54 Å². The van der Waals surface area contributed by atoms with E-state index in [-0.39, 0.29) is 19.6 Å². The van der Waals surface area contributed by atoms with Crippen LogP contribution in [0.4, 0.5) is 13.2 Å². The fraction of sp³-hybridized carbons (Fsp3) is 0.857. The molecule has 1 aliphatic rings. The topological polar surface area (TPSA) is 58.6 Å². The zero-order chi connectivity index (χ0) is 10.8. The number of hydrogen-bond donors (Lipinski definition) is 2. The number of carboxylic acid groups (broad SMARTS) is 1. The summed E-state index contributed by atoms with van der Waals surface area (Å²) in [5.41, 5.74) is -1.57. The van der Waals surface area contributed by atoms with Crippen molar-refractivity contribution < 1.29 is 27.8 Å². The van der Waals surface area contributed by atoms with Crippen molar-refractivity contribution in [3.63, 3.8) is 0 Å². The summed E-state index contributed by atoms with van der Waals surface area (Å²) in [6.45, 7) is -1.38. The smallest absolute Gasteiger partial charge is 0.401 e. The van der Waals surface area contributed by atoms with Crippen molar-refractivity contribution in [3.8, 4) is 0 Å². The minimum atomic E-state index is -4.41. The fourth-order valence-corrected chi connectivity index (χ4v) is 1.22. The maximum atomic E-state index is 11.8. The van der Waals surface area contributed by atoms with Crippen LogP contribution in [0.3, 0.4) is 0 Å². The number of nitrogens with one attached hydrogen (secondary N) is 1. The number of aliphatic carboxylic acids is 1. The molecule has 4 nitrogen and oxygen atoms in total. The van der Waals surface area contributed by atoms with Crippen LogP contribution in [-0.4, -0.2) is 42.5 Å². The highest BCUT2D eigenvalue weighted by atomic mass is 19.4. The monoisotopic (exact) mass is 213 g/mol. The maximum Gasteiger partial charge on any atom is 0.401 e. The largest absolute Gasteiger partial charge is 0.480 e. The molecule has 1 heterocycles. The zero-order valence-electron chi connectivity index (χ0n) is 7.23. The third-order valence-corrected chi connectivity index (χ3v) is 2.06. The summed E-state index contributed by atoms with van der Waals surface area (Å²) in [7, 11) is 0. The molecule has 0 bridgehead atoms. The fourth-order valence-electron chi connectivity index (χ4n) is 1.22. The third-order valence-electron chi connectivity index (χ3n) is 2.06. The van der Waals surface area contributed by atoms with E-state index in [4.69, 9.17) is 9.84 Å². The molecule has 0 aromatic carbocycles. The van der Waals surface area contributed by atoms with E-state index in [0.717, 1.165) is 0 Å². The number of hydrogen-bond acceptors (Lipinski definition) is 3. The van der Waals surface area contributed by atoms with Gasteiger partial charge in [-0.05, 0) is 0 Å². The number of carbonyl (C=O) groups is 1. The Morgan fingerprint density at radius 1 is 1.57 bits per heavy atom. The molecular formula is C7H10F3NO3. The average molecular weight is 213 g/mol. The van der Waals surface area contributed by atoms with Gasteiger partial charge in [-0.2, -0.15) is 13.2 Å². The molecule has 1 atom stereocenters. The first-order valence-electron chi connectivity index (χ1n) is 3.99. The third kappa shape index (κ3) is 2.58. The van der Waals surface area contributed by atoms with Crippen LogP contribution in [0.5, 0.6) is 0 Å². The van der Waals surface area contributed by atoms with Gasteiger partial charge in [-0.1, -0.05) is 0 Å². The summed E-state index contributed by atoms with van der Waals surface area (Å²) in [6, 6.07) is 0. The predicted molar refractivity (Wildman–Crippen MR) is 39.9 cm³/mol. The highest BCUT2D eigenvalue weighted by Crippen LogP contribution is 2.21. The van der Waals surface area contributed by atoms with Crippen LogP contribution in [0.15, 0.2) is 0 Å². The number of rotatable bonds is 3.